The van der Waals surface area contributed by atoms with Crippen molar-refractivity contribution in [2.24, 2.45) is 0 Å². The maximum absolute atomic E-state index is 9.17. The zero-order valence-electron chi connectivity index (χ0n) is 10.2. The number of anilines is 2. The summed E-state index contributed by atoms with van der Waals surface area (Å²) >= 11 is 3.46. The summed E-state index contributed by atoms with van der Waals surface area (Å²) in [6.45, 7) is 3.90. The Bertz CT molecular complexity index is 629. The van der Waals surface area contributed by atoms with Crippen LogP contribution in [0.5, 0.6) is 0 Å². The van der Waals surface area contributed by atoms with Gasteiger partial charge in [0.1, 0.15) is 11.9 Å². The largest absolute Gasteiger partial charge is 0.338 e. The van der Waals surface area contributed by atoms with Crippen molar-refractivity contribution < 1.29 is 0 Å². The smallest absolute Gasteiger partial charge is 0.144 e. The summed E-state index contributed by atoms with van der Waals surface area (Å²) in [6, 6.07) is 9.90. The molecule has 0 aliphatic rings. The lowest BCUT2D eigenvalue weighted by atomic mass is 10.1. The number of aromatic nitrogens is 1. The maximum Gasteiger partial charge on any atom is 0.144 e. The Kier molecular flexibility index (Phi) is 3.63. The molecule has 1 heterocycles. The van der Waals surface area contributed by atoms with E-state index >= 15 is 0 Å². The molecule has 1 aromatic heterocycles. The molecule has 0 aliphatic carbocycles. The number of benzene rings is 1. The highest BCUT2D eigenvalue weighted by Gasteiger charge is 2.07. The van der Waals surface area contributed by atoms with Crippen LogP contribution in [0, 0.1) is 25.2 Å². The lowest BCUT2D eigenvalue weighted by Gasteiger charge is -2.10. The zero-order chi connectivity index (χ0) is 13.1. The van der Waals surface area contributed by atoms with Crippen LogP contribution in [-0.2, 0) is 0 Å². The summed E-state index contributed by atoms with van der Waals surface area (Å²) in [5.74, 6) is 0.711. The van der Waals surface area contributed by atoms with Crippen LogP contribution in [0.3, 0.4) is 0 Å². The summed E-state index contributed by atoms with van der Waals surface area (Å²) in [5, 5.41) is 12.3. The van der Waals surface area contributed by atoms with Crippen molar-refractivity contribution in [2.45, 2.75) is 13.8 Å². The molecule has 1 N–H and O–H groups in total. The van der Waals surface area contributed by atoms with Crippen LogP contribution < -0.4 is 5.32 Å². The van der Waals surface area contributed by atoms with Crippen molar-refractivity contribution in [3.63, 3.8) is 0 Å². The fourth-order valence-corrected chi connectivity index (χ4v) is 2.24. The molecule has 3 nitrogen and oxygen atoms in total. The summed E-state index contributed by atoms with van der Waals surface area (Å²) in [6.07, 6.45) is 1.79. The van der Waals surface area contributed by atoms with E-state index < -0.39 is 0 Å². The van der Waals surface area contributed by atoms with Crippen LogP contribution in [0.2, 0.25) is 0 Å². The molecule has 0 aliphatic heterocycles. The Labute approximate surface area is 115 Å². The predicted molar refractivity (Wildman–Crippen MR) is 75.9 cm³/mol. The molecule has 0 amide bonds. The standard InChI is InChI=1S/C14H12BrN3/c1-9-6-12(15)14(17-8-9)18-13-5-3-4-10(2)11(13)7-16/h3-6,8H,1-2H3,(H,17,18). The average molecular weight is 302 g/mol. The molecule has 0 saturated heterocycles. The molecule has 0 bridgehead atoms. The van der Waals surface area contributed by atoms with Crippen LogP contribution in [-0.4, -0.2) is 4.98 Å². The Morgan fingerprint density at radius 3 is 2.78 bits per heavy atom. The first-order valence-corrected chi connectivity index (χ1v) is 6.30. The maximum atomic E-state index is 9.17. The van der Waals surface area contributed by atoms with E-state index in [1.165, 1.54) is 0 Å². The second-order valence-electron chi connectivity index (χ2n) is 4.08. The van der Waals surface area contributed by atoms with Gasteiger partial charge in [-0.2, -0.15) is 5.26 Å². The quantitative estimate of drug-likeness (QED) is 0.909. The lowest BCUT2D eigenvalue weighted by molar-refractivity contribution is 1.24. The molecular weight excluding hydrogens is 290 g/mol. The zero-order valence-corrected chi connectivity index (χ0v) is 11.7. The van der Waals surface area contributed by atoms with E-state index in [0.29, 0.717) is 11.4 Å². The topological polar surface area (TPSA) is 48.7 Å². The number of hydrogen-bond acceptors (Lipinski definition) is 3. The van der Waals surface area contributed by atoms with Crippen molar-refractivity contribution >= 4 is 27.4 Å². The van der Waals surface area contributed by atoms with Crippen molar-refractivity contribution in [1.82, 2.24) is 4.98 Å². The van der Waals surface area contributed by atoms with Gasteiger partial charge < -0.3 is 5.32 Å². The summed E-state index contributed by atoms with van der Waals surface area (Å²) in [7, 11) is 0. The van der Waals surface area contributed by atoms with Crippen LogP contribution in [0.25, 0.3) is 0 Å². The third-order valence-corrected chi connectivity index (χ3v) is 3.22. The highest BCUT2D eigenvalue weighted by atomic mass is 79.9. The van der Waals surface area contributed by atoms with Gasteiger partial charge in [-0.05, 0) is 53.0 Å². The van der Waals surface area contributed by atoms with Crippen molar-refractivity contribution in [3.05, 3.63) is 51.6 Å². The van der Waals surface area contributed by atoms with E-state index in [4.69, 9.17) is 5.26 Å². The van der Waals surface area contributed by atoms with Gasteiger partial charge in [-0.15, -0.1) is 0 Å². The molecule has 0 radical (unpaired) electrons. The van der Waals surface area contributed by atoms with Gasteiger partial charge in [-0.1, -0.05) is 12.1 Å². The molecular formula is C14H12BrN3. The van der Waals surface area contributed by atoms with Gasteiger partial charge in [-0.25, -0.2) is 4.98 Å². The second kappa shape index (κ2) is 5.19. The lowest BCUT2D eigenvalue weighted by Crippen LogP contribution is -1.98. The summed E-state index contributed by atoms with van der Waals surface area (Å²) < 4.78 is 0.882. The third kappa shape index (κ3) is 2.52. The minimum absolute atomic E-state index is 0.645. The number of nitrogens with one attached hydrogen (secondary N) is 1. The molecule has 90 valence electrons. The first-order valence-electron chi connectivity index (χ1n) is 5.50. The summed E-state index contributed by atoms with van der Waals surface area (Å²) in [4.78, 5) is 4.31. The first-order chi connectivity index (χ1) is 8.61. The van der Waals surface area contributed by atoms with E-state index in [1.54, 1.807) is 6.20 Å². The SMILES string of the molecule is Cc1cnc(Nc2cccc(C)c2C#N)c(Br)c1. The Morgan fingerprint density at radius 1 is 1.33 bits per heavy atom. The van der Waals surface area contributed by atoms with Gasteiger partial charge in [0.15, 0.2) is 0 Å². The van der Waals surface area contributed by atoms with E-state index in [0.717, 1.165) is 21.3 Å². The van der Waals surface area contributed by atoms with Crippen LogP contribution in [0.15, 0.2) is 34.9 Å². The fraction of sp³-hybridized carbons (Fsp3) is 0.143. The van der Waals surface area contributed by atoms with Crippen LogP contribution in [0.4, 0.5) is 11.5 Å². The van der Waals surface area contributed by atoms with Gasteiger partial charge in [0.25, 0.3) is 0 Å². The normalized spacial score (nSPS) is 9.89. The number of hydrogen-bond donors (Lipinski definition) is 1. The van der Waals surface area contributed by atoms with Crippen molar-refractivity contribution in [1.29, 1.82) is 5.26 Å². The monoisotopic (exact) mass is 301 g/mol. The van der Waals surface area contributed by atoms with Gasteiger partial charge in [-0.3, -0.25) is 0 Å². The Morgan fingerprint density at radius 2 is 2.11 bits per heavy atom. The van der Waals surface area contributed by atoms with Crippen LogP contribution >= 0.6 is 15.9 Å². The summed E-state index contributed by atoms with van der Waals surface area (Å²) in [5.41, 5.74) is 3.45. The molecule has 0 atom stereocenters. The molecule has 2 rings (SSSR count). The van der Waals surface area contributed by atoms with Crippen LogP contribution in [0.1, 0.15) is 16.7 Å². The average Bonchev–Trinajstić information content (AvgIpc) is 2.33. The van der Waals surface area contributed by atoms with Crippen molar-refractivity contribution in [2.75, 3.05) is 5.32 Å². The minimum atomic E-state index is 0.645. The second-order valence-corrected chi connectivity index (χ2v) is 4.93. The third-order valence-electron chi connectivity index (χ3n) is 2.62. The predicted octanol–water partition coefficient (Wildman–Crippen LogP) is 4.08. The molecule has 0 fully saturated rings. The van der Waals surface area contributed by atoms with Gasteiger partial charge in [0, 0.05) is 6.20 Å². The van der Waals surface area contributed by atoms with E-state index in [9.17, 15) is 0 Å². The highest BCUT2D eigenvalue weighted by molar-refractivity contribution is 9.10. The number of rotatable bonds is 2. The molecule has 18 heavy (non-hydrogen) atoms. The Balaban J connectivity index is 2.41. The molecule has 0 spiro atoms. The number of nitriles is 1. The Hall–Kier alpha value is -1.86. The highest BCUT2D eigenvalue weighted by Crippen LogP contribution is 2.27. The molecule has 2 aromatic rings. The fourth-order valence-electron chi connectivity index (χ4n) is 1.67. The number of halogens is 1. The number of nitrogens with zero attached hydrogens (tertiary/aromatic N) is 2. The molecule has 1 aromatic carbocycles. The van der Waals surface area contributed by atoms with E-state index in [1.807, 2.05) is 38.1 Å². The van der Waals surface area contributed by atoms with Gasteiger partial charge in [0.05, 0.1) is 15.7 Å². The number of pyridine rings is 1. The number of aryl methyl sites for hydroxylation is 2. The van der Waals surface area contributed by atoms with Gasteiger partial charge in [0.2, 0.25) is 0 Å². The minimum Gasteiger partial charge on any atom is -0.338 e. The molecule has 0 unspecified atom stereocenters. The van der Waals surface area contributed by atoms with E-state index in [2.05, 4.69) is 32.3 Å². The van der Waals surface area contributed by atoms with Crippen molar-refractivity contribution in [3.8, 4) is 6.07 Å². The van der Waals surface area contributed by atoms with Gasteiger partial charge >= 0.3 is 0 Å². The first kappa shape index (κ1) is 12.6. The molecule has 0 saturated carbocycles. The van der Waals surface area contributed by atoms with E-state index in [-0.39, 0.29) is 0 Å². The molecule has 4 heteroatoms.